The highest BCUT2D eigenvalue weighted by Crippen LogP contribution is 2.31. The van der Waals surface area contributed by atoms with Gasteiger partial charge in [0.1, 0.15) is 11.6 Å². The molecule has 1 N–H and O–H groups in total. The number of benzene rings is 1. The fraction of sp³-hybridized carbons (Fsp3) is 0.0769. The van der Waals surface area contributed by atoms with Crippen LogP contribution in [0.1, 0.15) is 0 Å². The van der Waals surface area contributed by atoms with Crippen molar-refractivity contribution < 1.29 is 4.74 Å². The number of hydrogen-bond donors (Lipinski definition) is 1. The molecule has 0 aliphatic carbocycles. The molecule has 0 aliphatic heterocycles. The first-order valence-corrected chi connectivity index (χ1v) is 6.28. The normalized spacial score (nSPS) is 10.9. The van der Waals surface area contributed by atoms with Gasteiger partial charge in [0.2, 0.25) is 0 Å². The molecule has 2 heterocycles. The molecule has 0 saturated heterocycles. The van der Waals surface area contributed by atoms with E-state index in [1.807, 2.05) is 6.07 Å². The van der Waals surface area contributed by atoms with E-state index in [0.717, 1.165) is 16.6 Å². The Kier molecular flexibility index (Phi) is 3.05. The number of imidazole rings is 1. The summed E-state index contributed by atoms with van der Waals surface area (Å²) in [5.74, 6) is 1.34. The third-order valence-electron chi connectivity index (χ3n) is 2.78. The van der Waals surface area contributed by atoms with E-state index in [0.29, 0.717) is 21.6 Å². The number of aromatic nitrogens is 3. The monoisotopic (exact) mass is 293 g/mol. The molecule has 0 amide bonds. The molecular weight excluding hydrogens is 285 g/mol. The van der Waals surface area contributed by atoms with E-state index in [9.17, 15) is 0 Å². The molecule has 0 radical (unpaired) electrons. The number of halogens is 2. The summed E-state index contributed by atoms with van der Waals surface area (Å²) in [6.45, 7) is 0. The summed E-state index contributed by atoms with van der Waals surface area (Å²) in [5, 5.41) is 0.972. The topological polar surface area (TPSA) is 50.8 Å². The molecule has 0 fully saturated rings. The second-order valence-corrected chi connectivity index (χ2v) is 4.76. The maximum absolute atomic E-state index is 5.99. The number of aromatic amines is 1. The Morgan fingerprint density at radius 1 is 1.21 bits per heavy atom. The van der Waals surface area contributed by atoms with Gasteiger partial charge in [-0.1, -0.05) is 23.2 Å². The number of pyridine rings is 1. The van der Waals surface area contributed by atoms with Crippen molar-refractivity contribution in [1.29, 1.82) is 0 Å². The highest BCUT2D eigenvalue weighted by atomic mass is 35.5. The summed E-state index contributed by atoms with van der Waals surface area (Å²) in [6.07, 6.45) is 3.33. The molecule has 0 unspecified atom stereocenters. The van der Waals surface area contributed by atoms with Crippen molar-refractivity contribution in [1.82, 2.24) is 15.0 Å². The highest BCUT2D eigenvalue weighted by molar-refractivity contribution is 6.42. The predicted octanol–water partition coefficient (Wildman–Crippen LogP) is 3.94. The Morgan fingerprint density at radius 3 is 2.79 bits per heavy atom. The van der Waals surface area contributed by atoms with Crippen LogP contribution >= 0.6 is 23.2 Å². The average Bonchev–Trinajstić information content (AvgIpc) is 2.82. The first-order chi connectivity index (χ1) is 9.19. The van der Waals surface area contributed by atoms with Crippen LogP contribution < -0.4 is 4.74 Å². The van der Waals surface area contributed by atoms with Crippen LogP contribution in [0.15, 0.2) is 30.6 Å². The molecule has 19 heavy (non-hydrogen) atoms. The summed E-state index contributed by atoms with van der Waals surface area (Å²) in [7, 11) is 1.59. The van der Waals surface area contributed by atoms with E-state index in [4.69, 9.17) is 27.9 Å². The van der Waals surface area contributed by atoms with Gasteiger partial charge in [-0.05, 0) is 18.2 Å². The Morgan fingerprint density at radius 2 is 2.00 bits per heavy atom. The van der Waals surface area contributed by atoms with E-state index in [1.54, 1.807) is 31.6 Å². The molecule has 96 valence electrons. The maximum atomic E-state index is 5.99. The van der Waals surface area contributed by atoms with Crippen molar-refractivity contribution in [3.63, 3.8) is 0 Å². The second-order valence-electron chi connectivity index (χ2n) is 3.94. The molecule has 3 rings (SSSR count). The lowest BCUT2D eigenvalue weighted by atomic mass is 10.2. The standard InChI is InChI=1S/C13H9Cl2N3O/c1-19-12-6-16-3-2-7(12)13-17-10-4-8(14)9(15)5-11(10)18-13/h2-6H,1H3,(H,17,18). The second kappa shape index (κ2) is 4.72. The summed E-state index contributed by atoms with van der Waals surface area (Å²) in [6, 6.07) is 5.32. The Hall–Kier alpha value is -1.78. The number of hydrogen-bond acceptors (Lipinski definition) is 3. The van der Waals surface area contributed by atoms with Crippen LogP contribution in [-0.4, -0.2) is 22.1 Å². The van der Waals surface area contributed by atoms with Crippen molar-refractivity contribution in [2.75, 3.05) is 7.11 Å². The maximum Gasteiger partial charge on any atom is 0.148 e. The van der Waals surface area contributed by atoms with Crippen LogP contribution in [0, 0.1) is 0 Å². The molecule has 1 aromatic carbocycles. The number of methoxy groups -OCH3 is 1. The molecule has 2 aromatic heterocycles. The van der Waals surface area contributed by atoms with E-state index in [-0.39, 0.29) is 0 Å². The summed E-state index contributed by atoms with van der Waals surface area (Å²) < 4.78 is 5.27. The van der Waals surface area contributed by atoms with Crippen LogP contribution in [0.5, 0.6) is 5.75 Å². The zero-order chi connectivity index (χ0) is 13.4. The molecule has 4 nitrogen and oxygen atoms in total. The fourth-order valence-corrected chi connectivity index (χ4v) is 2.19. The Labute approximate surface area is 119 Å². The van der Waals surface area contributed by atoms with Gasteiger partial charge < -0.3 is 9.72 Å². The molecule has 0 saturated carbocycles. The number of rotatable bonds is 2. The molecule has 0 spiro atoms. The van der Waals surface area contributed by atoms with E-state index >= 15 is 0 Å². The van der Waals surface area contributed by atoms with Gasteiger partial charge in [0.25, 0.3) is 0 Å². The van der Waals surface area contributed by atoms with E-state index in [1.165, 1.54) is 0 Å². The summed E-state index contributed by atoms with van der Waals surface area (Å²) >= 11 is 12.0. The first kappa shape index (κ1) is 12.3. The minimum Gasteiger partial charge on any atom is -0.494 e. The lowest BCUT2D eigenvalue weighted by Gasteiger charge is -2.03. The van der Waals surface area contributed by atoms with E-state index < -0.39 is 0 Å². The third-order valence-corrected chi connectivity index (χ3v) is 3.51. The van der Waals surface area contributed by atoms with Crippen LogP contribution in [0.4, 0.5) is 0 Å². The largest absolute Gasteiger partial charge is 0.494 e. The summed E-state index contributed by atoms with van der Waals surface area (Å²) in [5.41, 5.74) is 2.41. The van der Waals surface area contributed by atoms with Gasteiger partial charge in [0, 0.05) is 6.20 Å². The van der Waals surface area contributed by atoms with Gasteiger partial charge in [-0.25, -0.2) is 4.98 Å². The number of ether oxygens (including phenoxy) is 1. The smallest absolute Gasteiger partial charge is 0.148 e. The SMILES string of the molecule is COc1cnccc1-c1nc2cc(Cl)c(Cl)cc2[nH]1. The lowest BCUT2D eigenvalue weighted by molar-refractivity contribution is 0.414. The zero-order valence-electron chi connectivity index (χ0n) is 9.95. The van der Waals surface area contributed by atoms with Crippen LogP contribution in [-0.2, 0) is 0 Å². The van der Waals surface area contributed by atoms with Crippen molar-refractivity contribution >= 4 is 34.2 Å². The van der Waals surface area contributed by atoms with Crippen LogP contribution in [0.2, 0.25) is 10.0 Å². The van der Waals surface area contributed by atoms with Gasteiger partial charge >= 0.3 is 0 Å². The third kappa shape index (κ3) is 2.13. The molecule has 6 heteroatoms. The van der Waals surface area contributed by atoms with Gasteiger partial charge in [0.05, 0.1) is 39.9 Å². The van der Waals surface area contributed by atoms with Gasteiger partial charge in [0.15, 0.2) is 0 Å². The van der Waals surface area contributed by atoms with Crippen molar-refractivity contribution in [2.45, 2.75) is 0 Å². The van der Waals surface area contributed by atoms with Crippen LogP contribution in [0.3, 0.4) is 0 Å². The predicted molar refractivity (Wildman–Crippen MR) is 75.9 cm³/mol. The molecular formula is C13H9Cl2N3O. The minimum atomic E-state index is 0.480. The molecule has 0 atom stereocenters. The zero-order valence-corrected chi connectivity index (χ0v) is 11.5. The number of fused-ring (bicyclic) bond motifs is 1. The average molecular weight is 294 g/mol. The first-order valence-electron chi connectivity index (χ1n) is 5.52. The van der Waals surface area contributed by atoms with Gasteiger partial charge in [-0.15, -0.1) is 0 Å². The lowest BCUT2D eigenvalue weighted by Crippen LogP contribution is -1.89. The van der Waals surface area contributed by atoms with Crippen molar-refractivity contribution in [3.05, 3.63) is 40.6 Å². The van der Waals surface area contributed by atoms with Gasteiger partial charge in [-0.2, -0.15) is 0 Å². The highest BCUT2D eigenvalue weighted by Gasteiger charge is 2.11. The molecule has 0 aliphatic rings. The number of nitrogens with zero attached hydrogens (tertiary/aromatic N) is 2. The molecule has 3 aromatic rings. The summed E-state index contributed by atoms with van der Waals surface area (Å²) in [4.78, 5) is 11.7. The van der Waals surface area contributed by atoms with Crippen molar-refractivity contribution in [2.24, 2.45) is 0 Å². The Balaban J connectivity index is 2.20. The number of nitrogens with one attached hydrogen (secondary N) is 1. The minimum absolute atomic E-state index is 0.480. The fourth-order valence-electron chi connectivity index (χ4n) is 1.87. The van der Waals surface area contributed by atoms with Gasteiger partial charge in [-0.3, -0.25) is 4.98 Å². The van der Waals surface area contributed by atoms with Crippen LogP contribution in [0.25, 0.3) is 22.4 Å². The van der Waals surface area contributed by atoms with Crippen molar-refractivity contribution in [3.8, 4) is 17.1 Å². The quantitative estimate of drug-likeness (QED) is 0.778. The Bertz CT molecular complexity index is 716. The van der Waals surface area contributed by atoms with E-state index in [2.05, 4.69) is 15.0 Å². The number of H-pyrrole nitrogens is 1. The molecule has 0 bridgehead atoms.